The van der Waals surface area contributed by atoms with Crippen molar-refractivity contribution in [2.24, 2.45) is 0 Å². The van der Waals surface area contributed by atoms with Gasteiger partial charge in [-0.25, -0.2) is 14.8 Å². The highest BCUT2D eigenvalue weighted by molar-refractivity contribution is 6.05. The van der Waals surface area contributed by atoms with E-state index < -0.39 is 0 Å². The number of nitrogen functional groups attached to an aromatic ring is 1. The molecule has 0 radical (unpaired) electrons. The molecule has 0 spiro atoms. The zero-order valence-corrected chi connectivity index (χ0v) is 15.2. The Labute approximate surface area is 161 Å². The van der Waals surface area contributed by atoms with Crippen molar-refractivity contribution in [2.45, 2.75) is 25.9 Å². The number of anilines is 1. The molecule has 0 fully saturated rings. The summed E-state index contributed by atoms with van der Waals surface area (Å²) in [5.74, 6) is 0.401. The Morgan fingerprint density at radius 1 is 0.929 bits per heavy atom. The van der Waals surface area contributed by atoms with E-state index in [9.17, 15) is 4.79 Å². The fourth-order valence-corrected chi connectivity index (χ4v) is 3.86. The predicted octanol–water partition coefficient (Wildman–Crippen LogP) is 3.61. The number of hydrogen-bond acceptors (Lipinski definition) is 6. The summed E-state index contributed by atoms with van der Waals surface area (Å²) in [4.78, 5) is 26.5. The van der Waals surface area contributed by atoms with E-state index >= 15 is 0 Å². The van der Waals surface area contributed by atoms with E-state index in [-0.39, 0.29) is 12.6 Å². The number of para-hydroxylation sites is 2. The van der Waals surface area contributed by atoms with Crippen molar-refractivity contribution in [3.05, 3.63) is 71.2 Å². The lowest BCUT2D eigenvalue weighted by molar-refractivity contribution is 0.0464. The number of rotatable bonds is 3. The Hall–Kier alpha value is -3.54. The van der Waals surface area contributed by atoms with Gasteiger partial charge in [-0.05, 0) is 43.0 Å². The van der Waals surface area contributed by atoms with Crippen molar-refractivity contribution in [3.8, 4) is 0 Å². The number of nitrogens with two attached hydrogens (primary N) is 1. The summed E-state index contributed by atoms with van der Waals surface area (Å²) in [6, 6.07) is 15.2. The molecule has 0 saturated carbocycles. The van der Waals surface area contributed by atoms with Crippen molar-refractivity contribution >= 4 is 33.6 Å². The van der Waals surface area contributed by atoms with Crippen LogP contribution < -0.4 is 5.73 Å². The molecular formula is C22H18N4O2. The zero-order chi connectivity index (χ0) is 19.1. The van der Waals surface area contributed by atoms with Gasteiger partial charge in [0.1, 0.15) is 5.82 Å². The van der Waals surface area contributed by atoms with Gasteiger partial charge in [-0.3, -0.25) is 4.98 Å². The number of esters is 1. The molecule has 0 amide bonds. The number of hydrogen-bond donors (Lipinski definition) is 1. The van der Waals surface area contributed by atoms with Gasteiger partial charge in [-0.1, -0.05) is 30.3 Å². The minimum absolute atomic E-state index is 0.0285. The Morgan fingerprint density at radius 3 is 2.46 bits per heavy atom. The second-order valence-electron chi connectivity index (χ2n) is 6.90. The van der Waals surface area contributed by atoms with Crippen molar-refractivity contribution in [3.63, 3.8) is 0 Å². The minimum atomic E-state index is -0.368. The lowest BCUT2D eigenvalue weighted by atomic mass is 10.0. The van der Waals surface area contributed by atoms with Gasteiger partial charge in [0.2, 0.25) is 0 Å². The number of benzene rings is 2. The number of pyridine rings is 1. The highest BCUT2D eigenvalue weighted by atomic mass is 16.5. The molecule has 5 rings (SSSR count). The average Bonchev–Trinajstić information content (AvgIpc) is 3.18. The number of aryl methyl sites for hydroxylation is 1. The molecule has 6 nitrogen and oxygen atoms in total. The van der Waals surface area contributed by atoms with Crippen LogP contribution >= 0.6 is 0 Å². The molecule has 1 aliphatic carbocycles. The van der Waals surface area contributed by atoms with E-state index in [0.717, 1.165) is 52.3 Å². The SMILES string of the molecule is Nc1nc(COC(=O)c2c3c(nc4ccccc24)CCC3)nc2ccccc12. The van der Waals surface area contributed by atoms with E-state index in [1.807, 2.05) is 48.5 Å². The number of carbonyl (C=O) groups is 1. The average molecular weight is 370 g/mol. The molecule has 2 N–H and O–H groups in total. The maximum atomic E-state index is 13.0. The summed E-state index contributed by atoms with van der Waals surface area (Å²) in [5, 5.41) is 1.61. The summed E-state index contributed by atoms with van der Waals surface area (Å²) >= 11 is 0. The van der Waals surface area contributed by atoms with E-state index in [1.165, 1.54) is 0 Å². The third kappa shape index (κ3) is 2.74. The van der Waals surface area contributed by atoms with Crippen LogP contribution in [0, 0.1) is 0 Å². The third-order valence-corrected chi connectivity index (χ3v) is 5.13. The molecule has 2 heterocycles. The number of aromatic nitrogens is 3. The second-order valence-corrected chi connectivity index (χ2v) is 6.90. The molecule has 0 unspecified atom stereocenters. The number of ether oxygens (including phenoxy) is 1. The number of carbonyl (C=O) groups excluding carboxylic acids is 1. The van der Waals surface area contributed by atoms with E-state index in [4.69, 9.17) is 15.5 Å². The summed E-state index contributed by atoms with van der Waals surface area (Å²) in [6.45, 7) is -0.0285. The van der Waals surface area contributed by atoms with Crippen LogP contribution in [0.4, 0.5) is 5.82 Å². The molecule has 28 heavy (non-hydrogen) atoms. The molecule has 6 heteroatoms. The van der Waals surface area contributed by atoms with Crippen molar-refractivity contribution in [1.29, 1.82) is 0 Å². The molecule has 138 valence electrons. The van der Waals surface area contributed by atoms with Crippen LogP contribution in [-0.2, 0) is 24.2 Å². The van der Waals surface area contributed by atoms with Crippen LogP contribution in [0.5, 0.6) is 0 Å². The van der Waals surface area contributed by atoms with Crippen LogP contribution in [0.2, 0.25) is 0 Å². The molecule has 0 bridgehead atoms. The van der Waals surface area contributed by atoms with Crippen LogP contribution in [0.15, 0.2) is 48.5 Å². The molecule has 0 atom stereocenters. The first-order chi connectivity index (χ1) is 13.7. The molecule has 0 saturated heterocycles. The highest BCUT2D eigenvalue weighted by Gasteiger charge is 2.24. The fraction of sp³-hybridized carbons (Fsp3) is 0.182. The maximum Gasteiger partial charge on any atom is 0.339 e. The van der Waals surface area contributed by atoms with E-state index in [1.54, 1.807) is 0 Å². The summed E-state index contributed by atoms with van der Waals surface area (Å²) in [6.07, 6.45) is 2.74. The van der Waals surface area contributed by atoms with E-state index in [0.29, 0.717) is 17.2 Å². The topological polar surface area (TPSA) is 91.0 Å². The van der Waals surface area contributed by atoms with Crippen LogP contribution in [-0.4, -0.2) is 20.9 Å². The molecular weight excluding hydrogens is 352 g/mol. The first-order valence-electron chi connectivity index (χ1n) is 9.29. The summed E-state index contributed by atoms with van der Waals surface area (Å²) in [7, 11) is 0. The lowest BCUT2D eigenvalue weighted by Gasteiger charge is -2.12. The van der Waals surface area contributed by atoms with Crippen molar-refractivity contribution in [2.75, 3.05) is 5.73 Å². The van der Waals surface area contributed by atoms with Crippen LogP contribution in [0.3, 0.4) is 0 Å². The smallest absolute Gasteiger partial charge is 0.339 e. The Kier molecular flexibility index (Phi) is 3.90. The van der Waals surface area contributed by atoms with Crippen molar-refractivity contribution < 1.29 is 9.53 Å². The van der Waals surface area contributed by atoms with Crippen LogP contribution in [0.1, 0.15) is 33.9 Å². The van der Waals surface area contributed by atoms with Gasteiger partial charge in [0.15, 0.2) is 12.4 Å². The Balaban J connectivity index is 1.49. The van der Waals surface area contributed by atoms with Crippen LogP contribution in [0.25, 0.3) is 21.8 Å². The van der Waals surface area contributed by atoms with Gasteiger partial charge >= 0.3 is 5.97 Å². The largest absolute Gasteiger partial charge is 0.454 e. The normalized spacial score (nSPS) is 13.0. The zero-order valence-electron chi connectivity index (χ0n) is 15.2. The van der Waals surface area contributed by atoms with E-state index in [2.05, 4.69) is 9.97 Å². The Bertz CT molecular complexity index is 1240. The fourth-order valence-electron chi connectivity index (χ4n) is 3.86. The quantitative estimate of drug-likeness (QED) is 0.554. The molecule has 1 aliphatic rings. The Morgan fingerprint density at radius 2 is 1.64 bits per heavy atom. The minimum Gasteiger partial charge on any atom is -0.454 e. The monoisotopic (exact) mass is 370 g/mol. The molecule has 2 aromatic carbocycles. The maximum absolute atomic E-state index is 13.0. The van der Waals surface area contributed by atoms with Gasteiger partial charge in [0, 0.05) is 16.5 Å². The summed E-state index contributed by atoms with van der Waals surface area (Å²) in [5.41, 5.74) is 10.2. The lowest BCUT2D eigenvalue weighted by Crippen LogP contribution is -2.12. The van der Waals surface area contributed by atoms with Gasteiger partial charge in [-0.15, -0.1) is 0 Å². The number of nitrogens with zero attached hydrogens (tertiary/aromatic N) is 3. The third-order valence-electron chi connectivity index (χ3n) is 5.13. The highest BCUT2D eigenvalue weighted by Crippen LogP contribution is 2.30. The first kappa shape index (κ1) is 16.6. The predicted molar refractivity (Wildman–Crippen MR) is 107 cm³/mol. The number of fused-ring (bicyclic) bond motifs is 3. The molecule has 2 aromatic heterocycles. The van der Waals surface area contributed by atoms with Gasteiger partial charge in [0.25, 0.3) is 0 Å². The van der Waals surface area contributed by atoms with Gasteiger partial charge in [0.05, 0.1) is 16.6 Å². The molecule has 4 aromatic rings. The molecule has 0 aliphatic heterocycles. The summed E-state index contributed by atoms with van der Waals surface area (Å²) < 4.78 is 5.60. The second kappa shape index (κ2) is 6.56. The first-order valence-corrected chi connectivity index (χ1v) is 9.29. The van der Waals surface area contributed by atoms with Crippen molar-refractivity contribution in [1.82, 2.24) is 15.0 Å². The standard InChI is InChI=1S/C22H18N4O2/c23-21-15-7-2-4-10-18(15)25-19(26-21)12-28-22(27)20-13-6-1-3-9-16(13)24-17-11-5-8-14(17)20/h1-4,6-7,9-10H,5,8,11-12H2,(H2,23,25,26). The van der Waals surface area contributed by atoms with Gasteiger partial charge in [-0.2, -0.15) is 0 Å². The van der Waals surface area contributed by atoms with Gasteiger partial charge < -0.3 is 10.5 Å².